The fraction of sp³-hybridized carbons (Fsp3) is 0.833. The molecule has 0 aromatic heterocycles. The normalized spacial score (nSPS) is 17.1. The first-order valence-corrected chi connectivity index (χ1v) is 6.05. The van der Waals surface area contributed by atoms with Gasteiger partial charge in [0.25, 0.3) is 0 Å². The van der Waals surface area contributed by atoms with Crippen LogP contribution >= 0.6 is 0 Å². The molecule has 0 unspecified atom stereocenters. The van der Waals surface area contributed by atoms with Crippen LogP contribution in [0.5, 0.6) is 0 Å². The summed E-state index contributed by atoms with van der Waals surface area (Å²) < 4.78 is 0. The fourth-order valence-electron chi connectivity index (χ4n) is 2.24. The minimum absolute atomic E-state index is 0.289. The molecule has 1 aliphatic rings. The average molecular weight is 227 g/mol. The Bertz CT molecular complexity index is 247. The first-order chi connectivity index (χ1) is 7.59. The monoisotopic (exact) mass is 227 g/mol. The molecule has 0 spiro atoms. The van der Waals surface area contributed by atoms with Crippen molar-refractivity contribution in [1.29, 1.82) is 0 Å². The van der Waals surface area contributed by atoms with Gasteiger partial charge in [0.05, 0.1) is 0 Å². The molecule has 16 heavy (non-hydrogen) atoms. The molecule has 4 heteroatoms. The van der Waals surface area contributed by atoms with E-state index in [1.54, 1.807) is 11.9 Å². The van der Waals surface area contributed by atoms with E-state index < -0.39 is 5.97 Å². The Labute approximate surface area is 96.6 Å². The van der Waals surface area contributed by atoms with Crippen LogP contribution in [0.3, 0.4) is 0 Å². The maximum absolute atomic E-state index is 11.4. The third kappa shape index (κ3) is 4.64. The van der Waals surface area contributed by atoms with Gasteiger partial charge < -0.3 is 10.0 Å². The summed E-state index contributed by atoms with van der Waals surface area (Å²) in [7, 11) is 1.69. The Hall–Kier alpha value is -1.06. The molecule has 0 aromatic rings. The zero-order valence-corrected chi connectivity index (χ0v) is 9.95. The molecule has 0 heterocycles. The van der Waals surface area contributed by atoms with Gasteiger partial charge in [0, 0.05) is 13.6 Å². The highest BCUT2D eigenvalue weighted by Gasteiger charge is 2.17. The summed E-state index contributed by atoms with van der Waals surface area (Å²) >= 11 is 0. The van der Waals surface area contributed by atoms with Gasteiger partial charge in [-0.15, -0.1) is 0 Å². The van der Waals surface area contributed by atoms with Crippen molar-refractivity contribution in [3.63, 3.8) is 0 Å². The summed E-state index contributed by atoms with van der Waals surface area (Å²) in [6, 6.07) is 0. The molecule has 0 radical (unpaired) electrons. The van der Waals surface area contributed by atoms with E-state index in [2.05, 4.69) is 0 Å². The summed E-state index contributed by atoms with van der Waals surface area (Å²) in [4.78, 5) is 23.3. The quantitative estimate of drug-likeness (QED) is 0.730. The van der Waals surface area contributed by atoms with Crippen LogP contribution < -0.4 is 0 Å². The third-order valence-electron chi connectivity index (χ3n) is 3.33. The van der Waals surface area contributed by atoms with Gasteiger partial charge in [-0.2, -0.15) is 0 Å². The van der Waals surface area contributed by atoms with Crippen molar-refractivity contribution in [3.05, 3.63) is 0 Å². The van der Waals surface area contributed by atoms with E-state index in [4.69, 9.17) is 5.11 Å². The van der Waals surface area contributed by atoms with E-state index in [1.165, 1.54) is 32.1 Å². The lowest BCUT2D eigenvalue weighted by Crippen LogP contribution is -2.30. The molecule has 92 valence electrons. The third-order valence-corrected chi connectivity index (χ3v) is 3.33. The number of carbonyl (C=O) groups excluding carboxylic acids is 1. The maximum Gasteiger partial charge on any atom is 0.312 e. The lowest BCUT2D eigenvalue weighted by Gasteiger charge is -2.24. The van der Waals surface area contributed by atoms with Gasteiger partial charge in [0.15, 0.2) is 0 Å². The number of aliphatic carboxylic acids is 1. The van der Waals surface area contributed by atoms with Crippen LogP contribution in [0.1, 0.15) is 44.9 Å². The number of rotatable bonds is 5. The molecule has 1 saturated carbocycles. The van der Waals surface area contributed by atoms with E-state index >= 15 is 0 Å². The summed E-state index contributed by atoms with van der Waals surface area (Å²) in [5, 5.41) is 8.50. The largest absolute Gasteiger partial charge is 0.481 e. The molecule has 0 aliphatic heterocycles. The highest BCUT2D eigenvalue weighted by atomic mass is 16.4. The van der Waals surface area contributed by atoms with Crippen molar-refractivity contribution >= 4 is 11.9 Å². The van der Waals surface area contributed by atoms with Gasteiger partial charge in [-0.05, 0) is 12.3 Å². The molecular formula is C12H21NO3. The predicted molar refractivity (Wildman–Crippen MR) is 61.1 cm³/mol. The molecule has 0 aromatic carbocycles. The summed E-state index contributed by atoms with van der Waals surface area (Å²) in [6.07, 6.45) is 7.10. The van der Waals surface area contributed by atoms with Gasteiger partial charge in [-0.25, -0.2) is 0 Å². The molecule has 1 rings (SSSR count). The van der Waals surface area contributed by atoms with E-state index in [1.807, 2.05) is 0 Å². The average Bonchev–Trinajstić information content (AvgIpc) is 2.26. The number of carbonyl (C=O) groups is 2. The van der Waals surface area contributed by atoms with Crippen LogP contribution in [0.25, 0.3) is 0 Å². The second kappa shape index (κ2) is 6.51. The molecule has 0 atom stereocenters. The molecule has 4 nitrogen and oxygen atoms in total. The Morgan fingerprint density at radius 3 is 2.44 bits per heavy atom. The van der Waals surface area contributed by atoms with Crippen LogP contribution in [0.2, 0.25) is 0 Å². The van der Waals surface area contributed by atoms with Gasteiger partial charge in [0.2, 0.25) is 5.91 Å². The van der Waals surface area contributed by atoms with E-state index in [-0.39, 0.29) is 12.3 Å². The molecular weight excluding hydrogens is 206 g/mol. The Kier molecular flexibility index (Phi) is 5.29. The minimum Gasteiger partial charge on any atom is -0.481 e. The zero-order valence-electron chi connectivity index (χ0n) is 9.95. The van der Waals surface area contributed by atoms with Crippen molar-refractivity contribution in [2.45, 2.75) is 44.9 Å². The van der Waals surface area contributed by atoms with Gasteiger partial charge in [-0.3, -0.25) is 9.59 Å². The first kappa shape index (κ1) is 13.0. The highest BCUT2D eigenvalue weighted by molar-refractivity contribution is 5.93. The topological polar surface area (TPSA) is 57.6 Å². The van der Waals surface area contributed by atoms with Crippen molar-refractivity contribution in [1.82, 2.24) is 4.90 Å². The molecule has 1 amide bonds. The highest BCUT2D eigenvalue weighted by Crippen LogP contribution is 2.26. The summed E-state index contributed by atoms with van der Waals surface area (Å²) in [6.45, 7) is 0.691. The van der Waals surface area contributed by atoms with Crippen molar-refractivity contribution in [3.8, 4) is 0 Å². The number of carboxylic acids is 1. The van der Waals surface area contributed by atoms with Crippen LogP contribution in [0, 0.1) is 5.92 Å². The standard InChI is InChI=1S/C12H21NO3/c1-13(11(14)9-12(15)16)8-7-10-5-3-2-4-6-10/h10H,2-9H2,1H3,(H,15,16). The van der Waals surface area contributed by atoms with Gasteiger partial charge >= 0.3 is 5.97 Å². The SMILES string of the molecule is CN(CCC1CCCCC1)C(=O)CC(=O)O. The van der Waals surface area contributed by atoms with Crippen LogP contribution in [0.15, 0.2) is 0 Å². The number of hydrogen-bond donors (Lipinski definition) is 1. The van der Waals surface area contributed by atoms with Crippen LogP contribution in [-0.4, -0.2) is 35.5 Å². The molecule has 0 saturated heterocycles. The van der Waals surface area contributed by atoms with E-state index in [0.717, 1.165) is 12.3 Å². The van der Waals surface area contributed by atoms with Gasteiger partial charge in [-0.1, -0.05) is 32.1 Å². The Morgan fingerprint density at radius 2 is 1.88 bits per heavy atom. The van der Waals surface area contributed by atoms with Crippen LogP contribution in [-0.2, 0) is 9.59 Å². The minimum atomic E-state index is -1.05. The molecule has 0 bridgehead atoms. The van der Waals surface area contributed by atoms with E-state index in [9.17, 15) is 9.59 Å². The molecule has 1 aliphatic carbocycles. The van der Waals surface area contributed by atoms with Crippen molar-refractivity contribution in [2.24, 2.45) is 5.92 Å². The lowest BCUT2D eigenvalue weighted by atomic mass is 9.87. The Morgan fingerprint density at radius 1 is 1.25 bits per heavy atom. The summed E-state index contributed by atoms with van der Waals surface area (Å²) in [5.74, 6) is -0.605. The van der Waals surface area contributed by atoms with E-state index in [0.29, 0.717) is 6.54 Å². The van der Waals surface area contributed by atoms with Crippen LogP contribution in [0.4, 0.5) is 0 Å². The predicted octanol–water partition coefficient (Wildman–Crippen LogP) is 1.89. The Balaban J connectivity index is 2.20. The zero-order chi connectivity index (χ0) is 12.0. The smallest absolute Gasteiger partial charge is 0.312 e. The second-order valence-electron chi connectivity index (χ2n) is 4.68. The number of carboxylic acid groups (broad SMARTS) is 1. The number of nitrogens with zero attached hydrogens (tertiary/aromatic N) is 1. The molecule has 1 N–H and O–H groups in total. The number of hydrogen-bond acceptors (Lipinski definition) is 2. The summed E-state index contributed by atoms with van der Waals surface area (Å²) in [5.41, 5.74) is 0. The van der Waals surface area contributed by atoms with Crippen molar-refractivity contribution in [2.75, 3.05) is 13.6 Å². The molecule has 1 fully saturated rings. The first-order valence-electron chi connectivity index (χ1n) is 6.05. The second-order valence-corrected chi connectivity index (χ2v) is 4.68. The lowest BCUT2D eigenvalue weighted by molar-refractivity contribution is -0.143. The fourth-order valence-corrected chi connectivity index (χ4v) is 2.24. The number of amides is 1. The van der Waals surface area contributed by atoms with Gasteiger partial charge in [0.1, 0.15) is 6.42 Å². The van der Waals surface area contributed by atoms with Crippen molar-refractivity contribution < 1.29 is 14.7 Å². The maximum atomic E-state index is 11.4.